The third-order valence-electron chi connectivity index (χ3n) is 4.07. The lowest BCUT2D eigenvalue weighted by Crippen LogP contribution is -2.22. The molecular formula is C19H16N2O3S. The minimum absolute atomic E-state index is 0.189. The molecule has 0 amide bonds. The molecule has 0 unspecified atom stereocenters. The summed E-state index contributed by atoms with van der Waals surface area (Å²) < 4.78 is 34.7. The average Bonchev–Trinajstić information content (AvgIpc) is 2.62. The number of hydrogen-bond acceptors (Lipinski definition) is 4. The molecule has 0 saturated heterocycles. The van der Waals surface area contributed by atoms with Crippen LogP contribution in [0.15, 0.2) is 70.0 Å². The second-order valence-electron chi connectivity index (χ2n) is 5.63. The summed E-state index contributed by atoms with van der Waals surface area (Å²) in [5, 5.41) is 4.95. The normalized spacial score (nSPS) is 15.2. The van der Waals surface area contributed by atoms with Crippen LogP contribution in [0.5, 0.6) is 5.75 Å². The van der Waals surface area contributed by atoms with Gasteiger partial charge in [-0.25, -0.2) is 0 Å². The van der Waals surface area contributed by atoms with Crippen molar-refractivity contribution in [3.63, 3.8) is 0 Å². The topological polar surface area (TPSA) is 67.8 Å². The van der Waals surface area contributed by atoms with Crippen molar-refractivity contribution >= 4 is 32.3 Å². The van der Waals surface area contributed by atoms with Crippen molar-refractivity contribution in [3.8, 4) is 5.75 Å². The van der Waals surface area contributed by atoms with Gasteiger partial charge in [0, 0.05) is 10.9 Å². The Bertz CT molecular complexity index is 1100. The summed E-state index contributed by atoms with van der Waals surface area (Å²) in [7, 11) is -3.73. The Balaban J connectivity index is 1.92. The fourth-order valence-corrected chi connectivity index (χ4v) is 4.12. The highest BCUT2D eigenvalue weighted by Gasteiger charge is 2.26. The van der Waals surface area contributed by atoms with E-state index in [-0.39, 0.29) is 4.90 Å². The molecular weight excluding hydrogens is 336 g/mol. The molecule has 0 fully saturated rings. The molecule has 0 aliphatic carbocycles. The van der Waals surface area contributed by atoms with Crippen molar-refractivity contribution in [2.24, 2.45) is 4.40 Å². The largest absolute Gasteiger partial charge is 0.493 e. The van der Waals surface area contributed by atoms with Gasteiger partial charge in [-0.15, -0.1) is 4.40 Å². The number of amidine groups is 1. The third kappa shape index (κ3) is 2.64. The highest BCUT2D eigenvalue weighted by Crippen LogP contribution is 2.33. The molecule has 0 radical (unpaired) electrons. The fourth-order valence-electron chi connectivity index (χ4n) is 2.99. The predicted molar refractivity (Wildman–Crippen MR) is 98.9 cm³/mol. The first-order valence-corrected chi connectivity index (χ1v) is 9.40. The van der Waals surface area contributed by atoms with Crippen molar-refractivity contribution in [3.05, 3.63) is 66.2 Å². The lowest BCUT2D eigenvalue weighted by atomic mass is 10.0. The number of hydrogen-bond donors (Lipinski definition) is 1. The summed E-state index contributed by atoms with van der Waals surface area (Å²) >= 11 is 0. The van der Waals surface area contributed by atoms with E-state index >= 15 is 0 Å². The molecule has 0 atom stereocenters. The molecule has 4 rings (SSSR count). The summed E-state index contributed by atoms with van der Waals surface area (Å²) in [6.45, 7) is 2.49. The summed E-state index contributed by atoms with van der Waals surface area (Å²) in [5.74, 6) is 1.08. The van der Waals surface area contributed by atoms with Gasteiger partial charge in [0.2, 0.25) is 0 Å². The van der Waals surface area contributed by atoms with Crippen LogP contribution in [0, 0.1) is 0 Å². The summed E-state index contributed by atoms with van der Waals surface area (Å²) in [5.41, 5.74) is 1.25. The van der Waals surface area contributed by atoms with E-state index in [1.807, 2.05) is 43.3 Å². The van der Waals surface area contributed by atoms with Gasteiger partial charge in [-0.1, -0.05) is 36.4 Å². The molecule has 5 nitrogen and oxygen atoms in total. The number of sulfonamides is 1. The second-order valence-corrected chi connectivity index (χ2v) is 7.20. The molecule has 0 saturated carbocycles. The number of anilines is 1. The highest BCUT2D eigenvalue weighted by atomic mass is 32.2. The van der Waals surface area contributed by atoms with Crippen LogP contribution >= 0.6 is 0 Å². The maximum Gasteiger partial charge on any atom is 0.286 e. The van der Waals surface area contributed by atoms with E-state index in [4.69, 9.17) is 4.74 Å². The Morgan fingerprint density at radius 2 is 1.68 bits per heavy atom. The van der Waals surface area contributed by atoms with Gasteiger partial charge in [0.05, 0.1) is 12.3 Å². The van der Waals surface area contributed by atoms with E-state index in [0.717, 1.165) is 22.1 Å². The zero-order valence-electron chi connectivity index (χ0n) is 13.6. The number of rotatable bonds is 3. The molecule has 25 heavy (non-hydrogen) atoms. The van der Waals surface area contributed by atoms with Crippen molar-refractivity contribution in [2.75, 3.05) is 11.9 Å². The fraction of sp³-hybridized carbons (Fsp3) is 0.105. The molecule has 1 aliphatic rings. The van der Waals surface area contributed by atoms with Gasteiger partial charge in [0.1, 0.15) is 10.6 Å². The first-order chi connectivity index (χ1) is 12.1. The van der Waals surface area contributed by atoms with Crippen LogP contribution in [-0.4, -0.2) is 20.9 Å². The first-order valence-electron chi connectivity index (χ1n) is 7.96. The van der Waals surface area contributed by atoms with Crippen LogP contribution in [-0.2, 0) is 10.0 Å². The third-order valence-corrected chi connectivity index (χ3v) is 5.40. The Labute approximate surface area is 146 Å². The molecule has 0 bridgehead atoms. The van der Waals surface area contributed by atoms with Crippen LogP contribution < -0.4 is 10.1 Å². The van der Waals surface area contributed by atoms with Crippen LogP contribution in [0.4, 0.5) is 5.69 Å². The molecule has 1 N–H and O–H groups in total. The average molecular weight is 352 g/mol. The van der Waals surface area contributed by atoms with Crippen molar-refractivity contribution in [2.45, 2.75) is 11.8 Å². The lowest BCUT2D eigenvalue weighted by molar-refractivity contribution is 0.344. The van der Waals surface area contributed by atoms with E-state index < -0.39 is 10.0 Å². The molecule has 1 aliphatic heterocycles. The second kappa shape index (κ2) is 5.89. The van der Waals surface area contributed by atoms with E-state index in [1.54, 1.807) is 24.3 Å². The van der Waals surface area contributed by atoms with Crippen LogP contribution in [0.25, 0.3) is 10.8 Å². The lowest BCUT2D eigenvalue weighted by Gasteiger charge is -2.19. The Morgan fingerprint density at radius 1 is 0.960 bits per heavy atom. The number of ether oxygens (including phenoxy) is 1. The Kier molecular flexibility index (Phi) is 3.69. The zero-order valence-corrected chi connectivity index (χ0v) is 14.4. The van der Waals surface area contributed by atoms with Gasteiger partial charge in [-0.05, 0) is 36.6 Å². The maximum absolute atomic E-state index is 12.5. The zero-order chi connectivity index (χ0) is 17.4. The highest BCUT2D eigenvalue weighted by molar-refractivity contribution is 7.90. The van der Waals surface area contributed by atoms with Crippen LogP contribution in [0.3, 0.4) is 0 Å². The monoisotopic (exact) mass is 352 g/mol. The van der Waals surface area contributed by atoms with E-state index in [0.29, 0.717) is 18.1 Å². The number of para-hydroxylation sites is 1. The Hall–Kier alpha value is -2.86. The van der Waals surface area contributed by atoms with Crippen molar-refractivity contribution < 1.29 is 13.2 Å². The smallest absolute Gasteiger partial charge is 0.286 e. The van der Waals surface area contributed by atoms with Crippen LogP contribution in [0.2, 0.25) is 0 Å². The summed E-state index contributed by atoms with van der Waals surface area (Å²) in [4.78, 5) is 0.189. The Morgan fingerprint density at radius 3 is 2.48 bits per heavy atom. The van der Waals surface area contributed by atoms with Gasteiger partial charge in [0.15, 0.2) is 5.84 Å². The molecule has 3 aromatic carbocycles. The molecule has 6 heteroatoms. The molecule has 126 valence electrons. The summed E-state index contributed by atoms with van der Waals surface area (Å²) in [6, 6.07) is 18.2. The van der Waals surface area contributed by atoms with E-state index in [2.05, 4.69) is 9.71 Å². The van der Waals surface area contributed by atoms with E-state index in [1.165, 1.54) is 0 Å². The maximum atomic E-state index is 12.5. The summed E-state index contributed by atoms with van der Waals surface area (Å²) in [6.07, 6.45) is 0. The minimum atomic E-state index is -3.73. The standard InChI is InChI=1S/C19H16N2O3S/c1-2-24-17-12-11-15(13-7-3-4-8-14(13)17)19-20-16-9-5-6-10-18(16)25(22,23)21-19/h3-12H,2H2,1H3,(H,20,21). The number of nitrogens with one attached hydrogen (secondary N) is 1. The number of benzene rings is 3. The van der Waals surface area contributed by atoms with Crippen molar-refractivity contribution in [1.82, 2.24) is 0 Å². The van der Waals surface area contributed by atoms with Gasteiger partial charge in [-0.2, -0.15) is 8.42 Å². The molecule has 3 aromatic rings. The molecule has 1 heterocycles. The first kappa shape index (κ1) is 15.7. The number of fused-ring (bicyclic) bond motifs is 2. The SMILES string of the molecule is CCOc1ccc(C2=NS(=O)(=O)c3ccccc3N2)c2ccccc12. The van der Waals surface area contributed by atoms with Gasteiger partial charge in [0.25, 0.3) is 10.0 Å². The predicted octanol–water partition coefficient (Wildman–Crippen LogP) is 3.80. The minimum Gasteiger partial charge on any atom is -0.493 e. The number of nitrogens with zero attached hydrogens (tertiary/aromatic N) is 1. The van der Waals surface area contributed by atoms with Gasteiger partial charge >= 0.3 is 0 Å². The van der Waals surface area contributed by atoms with Gasteiger partial charge < -0.3 is 10.1 Å². The molecule has 0 spiro atoms. The van der Waals surface area contributed by atoms with Crippen LogP contribution in [0.1, 0.15) is 12.5 Å². The van der Waals surface area contributed by atoms with Gasteiger partial charge in [-0.3, -0.25) is 0 Å². The molecule has 0 aromatic heterocycles. The van der Waals surface area contributed by atoms with E-state index in [9.17, 15) is 8.42 Å². The van der Waals surface area contributed by atoms with Crippen molar-refractivity contribution in [1.29, 1.82) is 0 Å². The quantitative estimate of drug-likeness (QED) is 0.778.